The van der Waals surface area contributed by atoms with Crippen LogP contribution in [0.15, 0.2) is 18.2 Å². The molecule has 1 aromatic carbocycles. The third-order valence-corrected chi connectivity index (χ3v) is 3.36. The maximum absolute atomic E-state index is 11.1. The van der Waals surface area contributed by atoms with Crippen LogP contribution in [0.25, 0.3) is 0 Å². The lowest BCUT2D eigenvalue weighted by Gasteiger charge is -2.16. The summed E-state index contributed by atoms with van der Waals surface area (Å²) in [4.78, 5) is 11.1. The molecule has 0 aromatic heterocycles. The van der Waals surface area contributed by atoms with Crippen LogP contribution in [0.1, 0.15) is 24.9 Å². The highest BCUT2D eigenvalue weighted by molar-refractivity contribution is 6.42. The van der Waals surface area contributed by atoms with Crippen molar-refractivity contribution in [1.29, 1.82) is 0 Å². The second-order valence-corrected chi connectivity index (χ2v) is 4.53. The van der Waals surface area contributed by atoms with Crippen molar-refractivity contribution in [2.45, 2.75) is 19.4 Å². The van der Waals surface area contributed by atoms with Gasteiger partial charge in [-0.25, -0.2) is 0 Å². The molecule has 17 heavy (non-hydrogen) atoms. The molecule has 0 aliphatic heterocycles. The first kappa shape index (κ1) is 14.3. The maximum Gasteiger partial charge on any atom is 0.221 e. The van der Waals surface area contributed by atoms with Crippen molar-refractivity contribution in [3.05, 3.63) is 33.8 Å². The zero-order valence-electron chi connectivity index (χ0n) is 9.89. The molecular weight excluding hydrogens is 259 g/mol. The van der Waals surface area contributed by atoms with E-state index in [0.717, 1.165) is 5.56 Å². The first-order chi connectivity index (χ1) is 8.06. The van der Waals surface area contributed by atoms with Crippen LogP contribution in [0.3, 0.4) is 0 Å². The average Bonchev–Trinajstić information content (AvgIpc) is 2.32. The van der Waals surface area contributed by atoms with E-state index < -0.39 is 0 Å². The molecule has 0 fully saturated rings. The molecule has 0 saturated heterocycles. The summed E-state index contributed by atoms with van der Waals surface area (Å²) in [6.45, 7) is 2.59. The Morgan fingerprint density at radius 2 is 2.12 bits per heavy atom. The fraction of sp³-hybridized carbons (Fsp3) is 0.417. The first-order valence-electron chi connectivity index (χ1n) is 5.44. The molecule has 0 spiro atoms. The van der Waals surface area contributed by atoms with Gasteiger partial charge >= 0.3 is 0 Å². The summed E-state index contributed by atoms with van der Waals surface area (Å²) < 4.78 is 0. The normalized spacial score (nSPS) is 12.2. The number of amides is 1. The van der Waals surface area contributed by atoms with Gasteiger partial charge < -0.3 is 10.6 Å². The molecule has 0 heterocycles. The van der Waals surface area contributed by atoms with Crippen molar-refractivity contribution in [1.82, 2.24) is 10.6 Å². The van der Waals surface area contributed by atoms with Gasteiger partial charge in [0.1, 0.15) is 0 Å². The molecule has 0 saturated carbocycles. The van der Waals surface area contributed by atoms with Crippen LogP contribution in [0.2, 0.25) is 10.0 Å². The summed E-state index contributed by atoms with van der Waals surface area (Å²) in [6, 6.07) is 5.60. The van der Waals surface area contributed by atoms with E-state index in [1.165, 1.54) is 0 Å². The standard InChI is InChI=1S/C12H16Cl2N2O/c1-8(16-7-6-11(17)15-2)9-4-3-5-10(13)12(9)14/h3-5,8,16H,6-7H2,1-2H3,(H,15,17). The van der Waals surface area contributed by atoms with E-state index in [2.05, 4.69) is 10.6 Å². The van der Waals surface area contributed by atoms with Gasteiger partial charge in [-0.2, -0.15) is 0 Å². The lowest BCUT2D eigenvalue weighted by Crippen LogP contribution is -2.26. The zero-order chi connectivity index (χ0) is 12.8. The molecular formula is C12H16Cl2N2O. The minimum atomic E-state index is 0.0156. The Kier molecular flexibility index (Phi) is 5.75. The smallest absolute Gasteiger partial charge is 0.221 e. The van der Waals surface area contributed by atoms with E-state index in [9.17, 15) is 4.79 Å². The fourth-order valence-corrected chi connectivity index (χ4v) is 1.96. The molecule has 0 radical (unpaired) electrons. The zero-order valence-corrected chi connectivity index (χ0v) is 11.4. The molecule has 1 rings (SSSR count). The van der Waals surface area contributed by atoms with Crippen LogP contribution in [-0.2, 0) is 4.79 Å². The van der Waals surface area contributed by atoms with Gasteiger partial charge in [-0.1, -0.05) is 35.3 Å². The van der Waals surface area contributed by atoms with E-state index in [4.69, 9.17) is 23.2 Å². The predicted octanol–water partition coefficient (Wildman–Crippen LogP) is 2.78. The van der Waals surface area contributed by atoms with Crippen molar-refractivity contribution < 1.29 is 4.79 Å². The lowest BCUT2D eigenvalue weighted by molar-refractivity contribution is -0.120. The van der Waals surface area contributed by atoms with Crippen LogP contribution in [0.5, 0.6) is 0 Å². The number of halogens is 2. The van der Waals surface area contributed by atoms with Crippen molar-refractivity contribution in [3.63, 3.8) is 0 Å². The SMILES string of the molecule is CNC(=O)CCNC(C)c1cccc(Cl)c1Cl. The van der Waals surface area contributed by atoms with Gasteiger partial charge in [0.15, 0.2) is 0 Å². The molecule has 94 valence electrons. The summed E-state index contributed by atoms with van der Waals surface area (Å²) in [5, 5.41) is 6.91. The van der Waals surface area contributed by atoms with Gasteiger partial charge in [0.25, 0.3) is 0 Å². The number of hydrogen-bond acceptors (Lipinski definition) is 2. The number of hydrogen-bond donors (Lipinski definition) is 2. The van der Waals surface area contributed by atoms with Crippen molar-refractivity contribution in [2.24, 2.45) is 0 Å². The number of carbonyl (C=O) groups is 1. The second-order valence-electron chi connectivity index (χ2n) is 3.74. The monoisotopic (exact) mass is 274 g/mol. The predicted molar refractivity (Wildman–Crippen MR) is 71.6 cm³/mol. The molecule has 1 aromatic rings. The van der Waals surface area contributed by atoms with E-state index >= 15 is 0 Å². The number of nitrogens with one attached hydrogen (secondary N) is 2. The van der Waals surface area contributed by atoms with Gasteiger partial charge in [-0.05, 0) is 18.6 Å². The summed E-state index contributed by atoms with van der Waals surface area (Å²) in [7, 11) is 1.62. The average molecular weight is 275 g/mol. The Balaban J connectivity index is 2.55. The molecule has 1 amide bonds. The third-order valence-electron chi connectivity index (χ3n) is 2.53. The second kappa shape index (κ2) is 6.84. The minimum Gasteiger partial charge on any atom is -0.359 e. The molecule has 5 heteroatoms. The van der Waals surface area contributed by atoms with E-state index in [0.29, 0.717) is 23.0 Å². The highest BCUT2D eigenvalue weighted by Gasteiger charge is 2.11. The molecule has 0 aliphatic rings. The molecule has 0 aliphatic carbocycles. The summed E-state index contributed by atoms with van der Waals surface area (Å²) in [5.74, 6) is 0.0156. The Labute approximate surface area is 111 Å². The maximum atomic E-state index is 11.1. The third kappa shape index (κ3) is 4.19. The molecule has 1 unspecified atom stereocenters. The molecule has 1 atom stereocenters. The first-order valence-corrected chi connectivity index (χ1v) is 6.19. The molecule has 3 nitrogen and oxygen atoms in total. The van der Waals surface area contributed by atoms with Gasteiger partial charge in [0, 0.05) is 26.1 Å². The van der Waals surface area contributed by atoms with Gasteiger partial charge in [-0.3, -0.25) is 4.79 Å². The van der Waals surface area contributed by atoms with E-state index in [-0.39, 0.29) is 11.9 Å². The Hall–Kier alpha value is -0.770. The highest BCUT2D eigenvalue weighted by atomic mass is 35.5. The van der Waals surface area contributed by atoms with Crippen LogP contribution in [0, 0.1) is 0 Å². The van der Waals surface area contributed by atoms with Crippen LogP contribution < -0.4 is 10.6 Å². The van der Waals surface area contributed by atoms with Crippen LogP contribution in [-0.4, -0.2) is 19.5 Å². The molecule has 2 N–H and O–H groups in total. The highest BCUT2D eigenvalue weighted by Crippen LogP contribution is 2.29. The number of rotatable bonds is 5. The van der Waals surface area contributed by atoms with E-state index in [1.807, 2.05) is 19.1 Å². The van der Waals surface area contributed by atoms with Crippen molar-refractivity contribution in [2.75, 3.05) is 13.6 Å². The lowest BCUT2D eigenvalue weighted by atomic mass is 10.1. The largest absolute Gasteiger partial charge is 0.359 e. The quantitative estimate of drug-likeness (QED) is 0.867. The minimum absolute atomic E-state index is 0.0156. The number of carbonyl (C=O) groups excluding carboxylic acids is 1. The summed E-state index contributed by atoms with van der Waals surface area (Å²) in [6.07, 6.45) is 0.443. The van der Waals surface area contributed by atoms with Gasteiger partial charge in [-0.15, -0.1) is 0 Å². The van der Waals surface area contributed by atoms with Crippen LogP contribution in [0.4, 0.5) is 0 Å². The Morgan fingerprint density at radius 3 is 2.76 bits per heavy atom. The van der Waals surface area contributed by atoms with Crippen LogP contribution >= 0.6 is 23.2 Å². The topological polar surface area (TPSA) is 41.1 Å². The fourth-order valence-electron chi connectivity index (χ4n) is 1.49. The Bertz CT molecular complexity index is 396. The molecule has 0 bridgehead atoms. The van der Waals surface area contributed by atoms with E-state index in [1.54, 1.807) is 13.1 Å². The van der Waals surface area contributed by atoms with Gasteiger partial charge in [0.2, 0.25) is 5.91 Å². The van der Waals surface area contributed by atoms with Gasteiger partial charge in [0.05, 0.1) is 10.0 Å². The van der Waals surface area contributed by atoms with Crippen molar-refractivity contribution >= 4 is 29.1 Å². The summed E-state index contributed by atoms with van der Waals surface area (Å²) in [5.41, 5.74) is 0.941. The number of benzene rings is 1. The summed E-state index contributed by atoms with van der Waals surface area (Å²) >= 11 is 12.0. The Morgan fingerprint density at radius 1 is 1.41 bits per heavy atom. The van der Waals surface area contributed by atoms with Crippen molar-refractivity contribution in [3.8, 4) is 0 Å².